The predicted octanol–water partition coefficient (Wildman–Crippen LogP) is 4.49. The summed E-state index contributed by atoms with van der Waals surface area (Å²) >= 11 is 3.49. The van der Waals surface area contributed by atoms with Crippen LogP contribution in [-0.2, 0) is 6.42 Å². The summed E-state index contributed by atoms with van der Waals surface area (Å²) in [6.45, 7) is 2.84. The average Bonchev–Trinajstić information content (AvgIpc) is 2.49. The molecule has 0 aliphatic rings. The summed E-state index contributed by atoms with van der Waals surface area (Å²) < 4.78 is 20.3. The van der Waals surface area contributed by atoms with Crippen LogP contribution in [0.3, 0.4) is 0 Å². The summed E-state index contributed by atoms with van der Waals surface area (Å²) in [4.78, 5) is 0. The molecule has 2 rings (SSSR count). The topological polar surface area (TPSA) is 21.3 Å². The van der Waals surface area contributed by atoms with Gasteiger partial charge in [0.05, 0.1) is 7.11 Å². The fourth-order valence-corrected chi connectivity index (χ4v) is 2.78. The lowest BCUT2D eigenvalue weighted by molar-refractivity contribution is 0.398. The van der Waals surface area contributed by atoms with Crippen molar-refractivity contribution in [3.63, 3.8) is 0 Å². The Morgan fingerprint density at radius 1 is 1.24 bits per heavy atom. The van der Waals surface area contributed by atoms with E-state index in [0.717, 1.165) is 22.3 Å². The minimum Gasteiger partial charge on any atom is -0.496 e. The lowest BCUT2D eigenvalue weighted by atomic mass is 9.97. The predicted molar refractivity (Wildman–Crippen MR) is 87.2 cm³/mol. The highest BCUT2D eigenvalue weighted by atomic mass is 79.9. The van der Waals surface area contributed by atoms with E-state index in [9.17, 15) is 4.39 Å². The number of hydrogen-bond donors (Lipinski definition) is 1. The second-order valence-electron chi connectivity index (χ2n) is 4.79. The molecule has 0 radical (unpaired) electrons. The molecule has 0 aliphatic heterocycles. The molecule has 2 aromatic rings. The third kappa shape index (κ3) is 4.05. The van der Waals surface area contributed by atoms with Gasteiger partial charge in [0.1, 0.15) is 11.6 Å². The molecule has 0 amide bonds. The molecular formula is C17H19BrFNO. The molecule has 1 unspecified atom stereocenters. The Morgan fingerprint density at radius 2 is 2.00 bits per heavy atom. The highest BCUT2D eigenvalue weighted by Gasteiger charge is 2.17. The van der Waals surface area contributed by atoms with Gasteiger partial charge in [0.2, 0.25) is 0 Å². The second kappa shape index (κ2) is 7.57. The van der Waals surface area contributed by atoms with Crippen LogP contribution >= 0.6 is 15.9 Å². The first kappa shape index (κ1) is 16.0. The second-order valence-corrected chi connectivity index (χ2v) is 5.71. The zero-order valence-electron chi connectivity index (χ0n) is 12.2. The molecule has 0 spiro atoms. The monoisotopic (exact) mass is 351 g/mol. The van der Waals surface area contributed by atoms with Crippen molar-refractivity contribution in [1.29, 1.82) is 0 Å². The van der Waals surface area contributed by atoms with Gasteiger partial charge in [-0.3, -0.25) is 0 Å². The molecule has 112 valence electrons. The Morgan fingerprint density at radius 3 is 2.67 bits per heavy atom. The van der Waals surface area contributed by atoms with E-state index >= 15 is 0 Å². The molecular weight excluding hydrogens is 333 g/mol. The minimum absolute atomic E-state index is 0.000602. The normalized spacial score (nSPS) is 12.2. The van der Waals surface area contributed by atoms with E-state index in [1.165, 1.54) is 6.07 Å². The molecule has 2 nitrogen and oxygen atoms in total. The first-order valence-electron chi connectivity index (χ1n) is 6.96. The zero-order valence-corrected chi connectivity index (χ0v) is 13.8. The van der Waals surface area contributed by atoms with Crippen molar-refractivity contribution in [2.24, 2.45) is 0 Å². The fraction of sp³-hybridized carbons (Fsp3) is 0.294. The van der Waals surface area contributed by atoms with Crippen LogP contribution in [0.15, 0.2) is 46.9 Å². The van der Waals surface area contributed by atoms with Crippen LogP contribution in [-0.4, -0.2) is 13.7 Å². The van der Waals surface area contributed by atoms with Gasteiger partial charge in [-0.1, -0.05) is 41.1 Å². The number of likely N-dealkylation sites (N-methyl/N-ethyl adjacent to an activating group) is 1. The van der Waals surface area contributed by atoms with Crippen LogP contribution in [0.25, 0.3) is 0 Å². The van der Waals surface area contributed by atoms with Crippen LogP contribution in [0, 0.1) is 5.82 Å². The van der Waals surface area contributed by atoms with Gasteiger partial charge >= 0.3 is 0 Å². The molecule has 0 aliphatic carbocycles. The highest BCUT2D eigenvalue weighted by molar-refractivity contribution is 9.10. The summed E-state index contributed by atoms with van der Waals surface area (Å²) in [6.07, 6.45) is 0.577. The van der Waals surface area contributed by atoms with Gasteiger partial charge in [0.25, 0.3) is 0 Å². The Bertz CT molecular complexity index is 603. The lowest BCUT2D eigenvalue weighted by Gasteiger charge is -2.21. The van der Waals surface area contributed by atoms with Gasteiger partial charge in [-0.2, -0.15) is 0 Å². The van der Waals surface area contributed by atoms with Crippen molar-refractivity contribution in [3.05, 3.63) is 63.9 Å². The van der Waals surface area contributed by atoms with E-state index < -0.39 is 0 Å². The van der Waals surface area contributed by atoms with Gasteiger partial charge in [0, 0.05) is 16.1 Å². The Hall–Kier alpha value is -1.39. The SMILES string of the molecule is CCNC(Cc1ccccc1F)c1cc(Br)ccc1OC. The molecule has 0 saturated heterocycles. The van der Waals surface area contributed by atoms with Crippen molar-refractivity contribution in [2.75, 3.05) is 13.7 Å². The Labute approximate surface area is 133 Å². The number of halogens is 2. The summed E-state index contributed by atoms with van der Waals surface area (Å²) in [6, 6.07) is 12.8. The van der Waals surface area contributed by atoms with Gasteiger partial charge < -0.3 is 10.1 Å². The first-order valence-corrected chi connectivity index (χ1v) is 7.75. The molecule has 1 N–H and O–H groups in total. The van der Waals surface area contributed by atoms with Crippen molar-refractivity contribution in [1.82, 2.24) is 5.32 Å². The summed E-state index contributed by atoms with van der Waals surface area (Å²) in [5, 5.41) is 3.41. The van der Waals surface area contributed by atoms with Crippen LogP contribution in [0.2, 0.25) is 0 Å². The van der Waals surface area contributed by atoms with E-state index in [-0.39, 0.29) is 11.9 Å². The quantitative estimate of drug-likeness (QED) is 0.827. The molecule has 21 heavy (non-hydrogen) atoms. The maximum absolute atomic E-state index is 13.9. The van der Waals surface area contributed by atoms with E-state index in [1.54, 1.807) is 13.2 Å². The molecule has 4 heteroatoms. The summed E-state index contributed by atoms with van der Waals surface area (Å²) in [7, 11) is 1.65. The maximum atomic E-state index is 13.9. The number of nitrogens with one attached hydrogen (secondary N) is 1. The third-order valence-corrected chi connectivity index (χ3v) is 3.89. The van der Waals surface area contributed by atoms with Gasteiger partial charge in [-0.25, -0.2) is 4.39 Å². The van der Waals surface area contributed by atoms with Gasteiger partial charge in [-0.15, -0.1) is 0 Å². The van der Waals surface area contributed by atoms with E-state index in [1.807, 2.05) is 37.3 Å². The van der Waals surface area contributed by atoms with Crippen LogP contribution in [0.5, 0.6) is 5.75 Å². The number of benzene rings is 2. The van der Waals surface area contributed by atoms with Crippen LogP contribution < -0.4 is 10.1 Å². The van der Waals surface area contributed by atoms with E-state index in [2.05, 4.69) is 21.2 Å². The number of rotatable bonds is 6. The third-order valence-electron chi connectivity index (χ3n) is 3.40. The number of ether oxygens (including phenoxy) is 1. The Kier molecular flexibility index (Phi) is 5.76. The minimum atomic E-state index is -0.172. The molecule has 0 heterocycles. The maximum Gasteiger partial charge on any atom is 0.126 e. The number of hydrogen-bond acceptors (Lipinski definition) is 2. The van der Waals surface area contributed by atoms with Crippen molar-refractivity contribution < 1.29 is 9.13 Å². The molecule has 2 aromatic carbocycles. The van der Waals surface area contributed by atoms with Crippen molar-refractivity contribution in [3.8, 4) is 5.75 Å². The summed E-state index contributed by atoms with van der Waals surface area (Å²) in [5.41, 5.74) is 1.72. The zero-order chi connectivity index (χ0) is 15.2. The van der Waals surface area contributed by atoms with Gasteiger partial charge in [-0.05, 0) is 42.8 Å². The molecule has 1 atom stereocenters. The molecule has 0 saturated carbocycles. The fourth-order valence-electron chi connectivity index (χ4n) is 2.40. The van der Waals surface area contributed by atoms with Crippen molar-refractivity contribution >= 4 is 15.9 Å². The van der Waals surface area contributed by atoms with E-state index in [4.69, 9.17) is 4.74 Å². The van der Waals surface area contributed by atoms with Crippen LogP contribution in [0.4, 0.5) is 4.39 Å². The molecule has 0 aromatic heterocycles. The summed E-state index contributed by atoms with van der Waals surface area (Å²) in [5.74, 6) is 0.634. The smallest absolute Gasteiger partial charge is 0.126 e. The standard InChI is InChI=1S/C17H19BrFNO/c1-3-20-16(10-12-6-4-5-7-15(12)19)14-11-13(18)8-9-17(14)21-2/h4-9,11,16,20H,3,10H2,1-2H3. The largest absolute Gasteiger partial charge is 0.496 e. The van der Waals surface area contributed by atoms with Gasteiger partial charge in [0.15, 0.2) is 0 Å². The molecule has 0 fully saturated rings. The highest BCUT2D eigenvalue weighted by Crippen LogP contribution is 2.31. The first-order chi connectivity index (χ1) is 10.2. The average molecular weight is 352 g/mol. The van der Waals surface area contributed by atoms with Crippen molar-refractivity contribution in [2.45, 2.75) is 19.4 Å². The number of methoxy groups -OCH3 is 1. The lowest BCUT2D eigenvalue weighted by Crippen LogP contribution is -2.24. The van der Waals surface area contributed by atoms with E-state index in [0.29, 0.717) is 12.0 Å². The molecule has 0 bridgehead atoms. The van der Waals surface area contributed by atoms with Crippen LogP contribution in [0.1, 0.15) is 24.1 Å². The Balaban J connectivity index is 2.35.